The van der Waals surface area contributed by atoms with Gasteiger partial charge in [0.25, 0.3) is 0 Å². The smallest absolute Gasteiger partial charge is 0.135 e. The first-order valence-electron chi connectivity index (χ1n) is 4.81. The van der Waals surface area contributed by atoms with Crippen LogP contribution in [0.2, 0.25) is 0 Å². The van der Waals surface area contributed by atoms with Gasteiger partial charge in [-0.25, -0.2) is 4.98 Å². The topological polar surface area (TPSA) is 30.0 Å². The molecule has 0 aromatic carbocycles. The molecule has 1 aliphatic rings. The molecule has 4 heteroatoms. The second-order valence-electron chi connectivity index (χ2n) is 3.56. The molecule has 1 aromatic rings. The van der Waals surface area contributed by atoms with E-state index in [-0.39, 0.29) is 5.78 Å². The fourth-order valence-electron chi connectivity index (χ4n) is 1.58. The van der Waals surface area contributed by atoms with Crippen LogP contribution in [-0.2, 0) is 11.2 Å². The van der Waals surface area contributed by atoms with Crippen molar-refractivity contribution in [2.75, 3.05) is 5.75 Å². The number of thioether (sulfide) groups is 1. The lowest BCUT2D eigenvalue weighted by Gasteiger charge is -2.01. The lowest BCUT2D eigenvalue weighted by atomic mass is 10.2. The SMILES string of the molecule is CC(=O)Cc1csc(C2CCCS2)n1. The Hall–Kier alpha value is -0.350. The van der Waals surface area contributed by atoms with Crippen molar-refractivity contribution in [3.63, 3.8) is 0 Å². The molecule has 14 heavy (non-hydrogen) atoms. The van der Waals surface area contributed by atoms with Gasteiger partial charge in [0, 0.05) is 11.8 Å². The lowest BCUT2D eigenvalue weighted by molar-refractivity contribution is -0.116. The molecule has 0 amide bonds. The molecule has 2 rings (SSSR count). The van der Waals surface area contributed by atoms with Gasteiger partial charge in [-0.3, -0.25) is 4.79 Å². The molecule has 2 heterocycles. The van der Waals surface area contributed by atoms with Gasteiger partial charge in [-0.05, 0) is 25.5 Å². The van der Waals surface area contributed by atoms with Gasteiger partial charge in [0.1, 0.15) is 10.8 Å². The molecule has 1 atom stereocenters. The summed E-state index contributed by atoms with van der Waals surface area (Å²) in [5, 5.41) is 3.83. The number of carbonyl (C=O) groups excluding carboxylic acids is 1. The van der Waals surface area contributed by atoms with E-state index in [1.807, 2.05) is 17.1 Å². The highest BCUT2D eigenvalue weighted by molar-refractivity contribution is 7.99. The number of hydrogen-bond donors (Lipinski definition) is 0. The number of nitrogens with zero attached hydrogens (tertiary/aromatic N) is 1. The number of aromatic nitrogens is 1. The van der Waals surface area contributed by atoms with Crippen LogP contribution in [0.3, 0.4) is 0 Å². The second kappa shape index (κ2) is 4.45. The van der Waals surface area contributed by atoms with Gasteiger partial charge in [0.05, 0.1) is 10.9 Å². The van der Waals surface area contributed by atoms with E-state index < -0.39 is 0 Å². The maximum atomic E-state index is 10.9. The predicted molar refractivity (Wildman–Crippen MR) is 60.9 cm³/mol. The fraction of sp³-hybridized carbons (Fsp3) is 0.600. The Kier molecular flexibility index (Phi) is 3.23. The molecule has 1 unspecified atom stereocenters. The van der Waals surface area contributed by atoms with Crippen molar-refractivity contribution in [3.05, 3.63) is 16.1 Å². The minimum atomic E-state index is 0.195. The average molecular weight is 227 g/mol. The molecule has 0 radical (unpaired) electrons. The van der Waals surface area contributed by atoms with E-state index in [4.69, 9.17) is 0 Å². The number of carbonyl (C=O) groups is 1. The van der Waals surface area contributed by atoms with Crippen LogP contribution in [0.25, 0.3) is 0 Å². The quantitative estimate of drug-likeness (QED) is 0.795. The van der Waals surface area contributed by atoms with Gasteiger partial charge in [-0.2, -0.15) is 11.8 Å². The van der Waals surface area contributed by atoms with Crippen LogP contribution in [0.15, 0.2) is 5.38 Å². The summed E-state index contributed by atoms with van der Waals surface area (Å²) in [5.41, 5.74) is 0.949. The summed E-state index contributed by atoms with van der Waals surface area (Å²) in [5.74, 6) is 1.45. The van der Waals surface area contributed by atoms with Gasteiger partial charge < -0.3 is 0 Å². The molecular formula is C10H13NOS2. The Morgan fingerprint density at radius 2 is 2.57 bits per heavy atom. The molecule has 76 valence electrons. The van der Waals surface area contributed by atoms with Crippen molar-refractivity contribution in [3.8, 4) is 0 Å². The molecule has 0 aliphatic carbocycles. The van der Waals surface area contributed by atoms with Crippen molar-refractivity contribution in [1.29, 1.82) is 0 Å². The Morgan fingerprint density at radius 3 is 3.21 bits per heavy atom. The first-order chi connectivity index (χ1) is 6.75. The van der Waals surface area contributed by atoms with Crippen LogP contribution >= 0.6 is 23.1 Å². The van der Waals surface area contributed by atoms with E-state index in [9.17, 15) is 4.79 Å². The normalized spacial score (nSPS) is 21.4. The van der Waals surface area contributed by atoms with Crippen LogP contribution < -0.4 is 0 Å². The highest BCUT2D eigenvalue weighted by Gasteiger charge is 2.20. The summed E-state index contributed by atoms with van der Waals surface area (Å²) < 4.78 is 0. The minimum absolute atomic E-state index is 0.195. The third-order valence-electron chi connectivity index (χ3n) is 2.20. The summed E-state index contributed by atoms with van der Waals surface area (Å²) in [6.07, 6.45) is 3.04. The van der Waals surface area contributed by atoms with Crippen LogP contribution in [0.5, 0.6) is 0 Å². The molecule has 2 nitrogen and oxygen atoms in total. The average Bonchev–Trinajstić information content (AvgIpc) is 2.69. The van der Waals surface area contributed by atoms with Crippen molar-refractivity contribution in [2.45, 2.75) is 31.4 Å². The number of ketones is 1. The number of thiazole rings is 1. The van der Waals surface area contributed by atoms with Crippen molar-refractivity contribution in [2.24, 2.45) is 0 Å². The van der Waals surface area contributed by atoms with E-state index in [0.29, 0.717) is 11.7 Å². The highest BCUT2D eigenvalue weighted by atomic mass is 32.2. The zero-order valence-electron chi connectivity index (χ0n) is 8.16. The van der Waals surface area contributed by atoms with Gasteiger partial charge >= 0.3 is 0 Å². The van der Waals surface area contributed by atoms with Gasteiger partial charge in [-0.15, -0.1) is 11.3 Å². The monoisotopic (exact) mass is 227 g/mol. The fourth-order valence-corrected chi connectivity index (χ4v) is 3.93. The molecule has 0 N–H and O–H groups in total. The van der Waals surface area contributed by atoms with Crippen molar-refractivity contribution >= 4 is 28.9 Å². The van der Waals surface area contributed by atoms with Crippen LogP contribution in [0.1, 0.15) is 35.7 Å². The molecule has 1 aliphatic heterocycles. The van der Waals surface area contributed by atoms with Crippen LogP contribution in [0.4, 0.5) is 0 Å². The van der Waals surface area contributed by atoms with Gasteiger partial charge in [0.2, 0.25) is 0 Å². The van der Waals surface area contributed by atoms with E-state index in [2.05, 4.69) is 4.98 Å². The minimum Gasteiger partial charge on any atom is -0.300 e. The lowest BCUT2D eigenvalue weighted by Crippen LogP contribution is -1.97. The zero-order chi connectivity index (χ0) is 9.97. The maximum absolute atomic E-state index is 10.9. The van der Waals surface area contributed by atoms with E-state index >= 15 is 0 Å². The maximum Gasteiger partial charge on any atom is 0.135 e. The third kappa shape index (κ3) is 2.36. The number of Topliss-reactive ketones (excluding diaryl/α,β-unsaturated/α-hetero) is 1. The number of rotatable bonds is 3. The summed E-state index contributed by atoms with van der Waals surface area (Å²) in [6.45, 7) is 1.61. The molecule has 0 spiro atoms. The van der Waals surface area contributed by atoms with E-state index in [1.165, 1.54) is 23.6 Å². The Bertz CT molecular complexity index is 329. The number of hydrogen-bond acceptors (Lipinski definition) is 4. The van der Waals surface area contributed by atoms with Gasteiger partial charge in [0.15, 0.2) is 0 Å². The Morgan fingerprint density at radius 1 is 1.71 bits per heavy atom. The Balaban J connectivity index is 2.05. The first kappa shape index (κ1) is 10.2. The molecule has 0 saturated carbocycles. The molecule has 0 bridgehead atoms. The highest BCUT2D eigenvalue weighted by Crippen LogP contribution is 2.40. The van der Waals surface area contributed by atoms with Crippen LogP contribution in [0, 0.1) is 0 Å². The predicted octanol–water partition coefficient (Wildman–Crippen LogP) is 2.84. The zero-order valence-corrected chi connectivity index (χ0v) is 9.79. The second-order valence-corrected chi connectivity index (χ2v) is 5.76. The molecular weight excluding hydrogens is 214 g/mol. The third-order valence-corrected chi connectivity index (χ3v) is 4.75. The van der Waals surface area contributed by atoms with Crippen LogP contribution in [-0.4, -0.2) is 16.5 Å². The molecule has 1 saturated heterocycles. The van der Waals surface area contributed by atoms with E-state index in [0.717, 1.165) is 5.69 Å². The molecule has 1 aromatic heterocycles. The summed E-state index contributed by atoms with van der Waals surface area (Å²) in [4.78, 5) is 15.4. The van der Waals surface area contributed by atoms with Crippen molar-refractivity contribution < 1.29 is 4.79 Å². The standard InChI is InChI=1S/C10H13NOS2/c1-7(12)5-8-6-14-10(11-8)9-3-2-4-13-9/h6,9H,2-5H2,1H3. The first-order valence-corrected chi connectivity index (χ1v) is 6.74. The summed E-state index contributed by atoms with van der Waals surface area (Å²) >= 11 is 3.70. The Labute approximate surface area is 92.1 Å². The largest absolute Gasteiger partial charge is 0.300 e. The summed E-state index contributed by atoms with van der Waals surface area (Å²) in [6, 6.07) is 0. The summed E-state index contributed by atoms with van der Waals surface area (Å²) in [7, 11) is 0. The van der Waals surface area contributed by atoms with Gasteiger partial charge in [-0.1, -0.05) is 0 Å². The van der Waals surface area contributed by atoms with E-state index in [1.54, 1.807) is 18.3 Å². The molecule has 1 fully saturated rings. The van der Waals surface area contributed by atoms with Crippen molar-refractivity contribution in [1.82, 2.24) is 4.98 Å².